The minimum absolute atomic E-state index is 0.659. The molecular formula is C12H20Si. The van der Waals surface area contributed by atoms with Gasteiger partial charge in [0.25, 0.3) is 0 Å². The highest BCUT2D eigenvalue weighted by Crippen LogP contribution is 2.19. The molecule has 0 saturated carbocycles. The maximum atomic E-state index is 2.36. The Morgan fingerprint density at radius 2 is 1.23 bits per heavy atom. The van der Waals surface area contributed by atoms with Gasteiger partial charge in [-0.1, -0.05) is 51.1 Å². The normalized spacial score (nSPS) is 11.5. The molecule has 0 bridgehead atoms. The maximum Gasteiger partial charge on any atom is 0.0385 e. The third kappa shape index (κ3) is 2.70. The Labute approximate surface area is 84.8 Å². The van der Waals surface area contributed by atoms with Crippen molar-refractivity contribution in [3.05, 3.63) is 29.3 Å². The van der Waals surface area contributed by atoms with E-state index in [0.29, 0.717) is 11.8 Å². The fourth-order valence-electron chi connectivity index (χ4n) is 1.51. The Balaban J connectivity index is 3.11. The van der Waals surface area contributed by atoms with Crippen LogP contribution in [0.4, 0.5) is 0 Å². The summed E-state index contributed by atoms with van der Waals surface area (Å²) in [6.45, 7) is 9.06. The number of hydrogen-bond acceptors (Lipinski definition) is 0. The molecule has 1 aromatic rings. The van der Waals surface area contributed by atoms with Crippen LogP contribution in [0, 0.1) is 0 Å². The summed E-state index contributed by atoms with van der Waals surface area (Å²) >= 11 is 0. The van der Waals surface area contributed by atoms with Crippen molar-refractivity contribution in [1.29, 1.82) is 0 Å². The third-order valence-electron chi connectivity index (χ3n) is 2.46. The molecule has 1 aromatic carbocycles. The summed E-state index contributed by atoms with van der Waals surface area (Å²) < 4.78 is 0. The predicted molar refractivity (Wildman–Crippen MR) is 64.2 cm³/mol. The van der Waals surface area contributed by atoms with Gasteiger partial charge in [-0.15, -0.1) is 0 Å². The van der Waals surface area contributed by atoms with E-state index in [9.17, 15) is 0 Å². The molecule has 0 aromatic heterocycles. The molecule has 0 unspecified atom stereocenters. The minimum atomic E-state index is 0.659. The number of rotatable bonds is 2. The molecule has 0 radical (unpaired) electrons. The van der Waals surface area contributed by atoms with Gasteiger partial charge in [-0.2, -0.15) is 0 Å². The average molecular weight is 192 g/mol. The molecular weight excluding hydrogens is 172 g/mol. The fourth-order valence-corrected chi connectivity index (χ4v) is 2.18. The van der Waals surface area contributed by atoms with Crippen LogP contribution in [0.15, 0.2) is 18.2 Å². The molecule has 0 saturated heterocycles. The zero-order valence-electron chi connectivity index (χ0n) is 9.39. The smallest absolute Gasteiger partial charge is 0.0385 e. The van der Waals surface area contributed by atoms with Crippen molar-refractivity contribution in [2.75, 3.05) is 0 Å². The molecule has 13 heavy (non-hydrogen) atoms. The summed E-state index contributed by atoms with van der Waals surface area (Å²) in [6.07, 6.45) is 0. The van der Waals surface area contributed by atoms with Crippen molar-refractivity contribution in [1.82, 2.24) is 0 Å². The molecule has 0 N–H and O–H groups in total. The highest BCUT2D eigenvalue weighted by atomic mass is 28.1. The summed E-state index contributed by atoms with van der Waals surface area (Å²) in [6, 6.07) is 7.06. The van der Waals surface area contributed by atoms with Crippen molar-refractivity contribution >= 4 is 15.4 Å². The molecule has 0 aliphatic rings. The Morgan fingerprint density at radius 3 is 1.54 bits per heavy atom. The van der Waals surface area contributed by atoms with Crippen LogP contribution >= 0.6 is 0 Å². The van der Waals surface area contributed by atoms with E-state index in [-0.39, 0.29) is 0 Å². The lowest BCUT2D eigenvalue weighted by Gasteiger charge is -2.12. The van der Waals surface area contributed by atoms with Gasteiger partial charge >= 0.3 is 0 Å². The molecule has 0 spiro atoms. The Kier molecular flexibility index (Phi) is 3.31. The van der Waals surface area contributed by atoms with Gasteiger partial charge in [0, 0.05) is 10.2 Å². The van der Waals surface area contributed by atoms with E-state index in [4.69, 9.17) is 0 Å². The van der Waals surface area contributed by atoms with Crippen molar-refractivity contribution < 1.29 is 0 Å². The summed E-state index contributed by atoms with van der Waals surface area (Å²) in [5, 5.41) is 1.52. The van der Waals surface area contributed by atoms with Gasteiger partial charge in [-0.25, -0.2) is 0 Å². The molecule has 1 rings (SSSR count). The van der Waals surface area contributed by atoms with Crippen LogP contribution in [0.1, 0.15) is 50.7 Å². The second-order valence-corrected chi connectivity index (χ2v) is 5.64. The zero-order chi connectivity index (χ0) is 10.0. The van der Waals surface area contributed by atoms with Crippen LogP contribution < -0.4 is 5.19 Å². The number of benzene rings is 1. The first-order valence-electron chi connectivity index (χ1n) is 5.12. The van der Waals surface area contributed by atoms with Crippen LogP contribution in [0.25, 0.3) is 0 Å². The first-order chi connectivity index (χ1) is 6.00. The van der Waals surface area contributed by atoms with Crippen molar-refractivity contribution in [2.45, 2.75) is 39.5 Å². The molecule has 0 fully saturated rings. The molecule has 0 atom stereocenters. The van der Waals surface area contributed by atoms with Gasteiger partial charge in [0.2, 0.25) is 0 Å². The van der Waals surface area contributed by atoms with Crippen LogP contribution in [0.2, 0.25) is 0 Å². The van der Waals surface area contributed by atoms with Crippen molar-refractivity contribution in [2.24, 2.45) is 0 Å². The Hall–Kier alpha value is -0.563. The molecule has 0 amide bonds. The molecule has 1 heteroatoms. The van der Waals surface area contributed by atoms with Gasteiger partial charge in [-0.05, 0) is 23.0 Å². The van der Waals surface area contributed by atoms with E-state index in [2.05, 4.69) is 45.9 Å². The van der Waals surface area contributed by atoms with E-state index in [1.807, 2.05) is 0 Å². The summed E-state index contributed by atoms with van der Waals surface area (Å²) in [5.74, 6) is 1.32. The van der Waals surface area contributed by atoms with E-state index >= 15 is 0 Å². The van der Waals surface area contributed by atoms with E-state index in [1.165, 1.54) is 16.3 Å². The highest BCUT2D eigenvalue weighted by molar-refractivity contribution is 6.32. The first kappa shape index (κ1) is 10.5. The fraction of sp³-hybridized carbons (Fsp3) is 0.500. The van der Waals surface area contributed by atoms with Gasteiger partial charge in [-0.3, -0.25) is 0 Å². The molecule has 0 aliphatic heterocycles. The van der Waals surface area contributed by atoms with Crippen LogP contribution in [-0.4, -0.2) is 10.2 Å². The van der Waals surface area contributed by atoms with Crippen LogP contribution in [0.3, 0.4) is 0 Å². The van der Waals surface area contributed by atoms with E-state index in [0.717, 1.165) is 10.2 Å². The summed E-state index contributed by atoms with van der Waals surface area (Å²) in [7, 11) is 1.16. The average Bonchev–Trinajstić information content (AvgIpc) is 2.03. The standard InChI is InChI=1S/C12H20Si/c1-8(2)10-5-11(9(3)4)7-12(13)6-10/h5-9H,1-4,13H3. The van der Waals surface area contributed by atoms with E-state index < -0.39 is 0 Å². The lowest BCUT2D eigenvalue weighted by atomic mass is 9.96. The molecule has 0 heterocycles. The van der Waals surface area contributed by atoms with Crippen LogP contribution in [-0.2, 0) is 0 Å². The predicted octanol–water partition coefficient (Wildman–Crippen LogP) is 1.92. The quantitative estimate of drug-likeness (QED) is 0.628. The van der Waals surface area contributed by atoms with Gasteiger partial charge in [0.1, 0.15) is 0 Å². The van der Waals surface area contributed by atoms with Gasteiger partial charge in [0.15, 0.2) is 0 Å². The largest absolute Gasteiger partial charge is 0.0702 e. The molecule has 0 nitrogen and oxygen atoms in total. The first-order valence-corrected chi connectivity index (χ1v) is 6.12. The molecule has 0 aliphatic carbocycles. The minimum Gasteiger partial charge on any atom is -0.0702 e. The van der Waals surface area contributed by atoms with E-state index in [1.54, 1.807) is 0 Å². The molecule has 72 valence electrons. The Bertz CT molecular complexity index is 261. The van der Waals surface area contributed by atoms with Crippen molar-refractivity contribution in [3.63, 3.8) is 0 Å². The maximum absolute atomic E-state index is 2.36. The highest BCUT2D eigenvalue weighted by Gasteiger charge is 2.04. The SMILES string of the molecule is CC(C)c1cc([SiH3])cc(C(C)C)c1. The zero-order valence-corrected chi connectivity index (χ0v) is 11.4. The lowest BCUT2D eigenvalue weighted by molar-refractivity contribution is 0.836. The van der Waals surface area contributed by atoms with Gasteiger partial charge < -0.3 is 0 Å². The Morgan fingerprint density at radius 1 is 0.846 bits per heavy atom. The summed E-state index contributed by atoms with van der Waals surface area (Å²) in [4.78, 5) is 0. The summed E-state index contributed by atoms with van der Waals surface area (Å²) in [5.41, 5.74) is 2.99. The topological polar surface area (TPSA) is 0 Å². The lowest BCUT2D eigenvalue weighted by Crippen LogP contribution is -2.07. The van der Waals surface area contributed by atoms with Crippen molar-refractivity contribution in [3.8, 4) is 0 Å². The number of hydrogen-bond donors (Lipinski definition) is 0. The van der Waals surface area contributed by atoms with Crippen LogP contribution in [0.5, 0.6) is 0 Å². The van der Waals surface area contributed by atoms with Gasteiger partial charge in [0.05, 0.1) is 0 Å². The second kappa shape index (κ2) is 4.10. The monoisotopic (exact) mass is 192 g/mol. The third-order valence-corrected chi connectivity index (χ3v) is 3.03. The second-order valence-electron chi connectivity index (χ2n) is 4.49.